The smallest absolute Gasteiger partial charge is 0.325 e. The Kier molecular flexibility index (Phi) is 4.92. The Balaban J connectivity index is 1.70. The number of anilines is 1. The lowest BCUT2D eigenvalue weighted by atomic mass is 10.1. The second-order valence-electron chi connectivity index (χ2n) is 6.56. The molecule has 0 fully saturated rings. The molecule has 12 heteroatoms. The average molecular weight is 457 g/mol. The number of nitrogens with one attached hydrogen (secondary N) is 2. The van der Waals surface area contributed by atoms with E-state index in [0.29, 0.717) is 12.1 Å². The van der Waals surface area contributed by atoms with Gasteiger partial charge >= 0.3 is 6.18 Å². The molecule has 31 heavy (non-hydrogen) atoms. The minimum absolute atomic E-state index is 0.0958. The molecule has 0 aliphatic carbocycles. The van der Waals surface area contributed by atoms with Crippen LogP contribution in [0.3, 0.4) is 0 Å². The van der Waals surface area contributed by atoms with Gasteiger partial charge in [0.2, 0.25) is 5.82 Å². The van der Waals surface area contributed by atoms with Gasteiger partial charge in [0, 0.05) is 16.1 Å². The zero-order valence-corrected chi connectivity index (χ0v) is 15.9. The van der Waals surface area contributed by atoms with Crippen molar-refractivity contribution in [1.82, 2.24) is 14.9 Å². The van der Waals surface area contributed by atoms with Crippen LogP contribution < -0.4 is 10.6 Å². The Hall–Kier alpha value is -3.47. The SMILES string of the molecule is O=C(Nc1cnc2n1C(c1cc(F)ccc1Cl)NC2=O)c1cc(F)cc(C(F)(F)F)c1. The molecule has 2 N–H and O–H groups in total. The minimum Gasteiger partial charge on any atom is -0.325 e. The highest BCUT2D eigenvalue weighted by atomic mass is 35.5. The lowest BCUT2D eigenvalue weighted by molar-refractivity contribution is -0.137. The number of amides is 2. The van der Waals surface area contributed by atoms with Crippen LogP contribution in [0.25, 0.3) is 0 Å². The highest BCUT2D eigenvalue weighted by molar-refractivity contribution is 6.31. The van der Waals surface area contributed by atoms with Crippen LogP contribution in [0, 0.1) is 11.6 Å². The van der Waals surface area contributed by atoms with E-state index in [9.17, 15) is 31.5 Å². The number of rotatable bonds is 3. The number of hydrogen-bond donors (Lipinski definition) is 2. The molecule has 1 aliphatic rings. The van der Waals surface area contributed by atoms with E-state index in [-0.39, 0.29) is 28.3 Å². The Morgan fingerprint density at radius 3 is 2.58 bits per heavy atom. The third kappa shape index (κ3) is 3.83. The van der Waals surface area contributed by atoms with Crippen LogP contribution in [0.5, 0.6) is 0 Å². The quantitative estimate of drug-likeness (QED) is 0.574. The average Bonchev–Trinajstić information content (AvgIpc) is 3.24. The van der Waals surface area contributed by atoms with Gasteiger partial charge in [0.1, 0.15) is 23.6 Å². The summed E-state index contributed by atoms with van der Waals surface area (Å²) in [5.41, 5.74) is -1.77. The molecule has 0 bridgehead atoms. The molecule has 1 atom stereocenters. The Bertz CT molecular complexity index is 1220. The number of aromatic nitrogens is 2. The van der Waals surface area contributed by atoms with Crippen molar-refractivity contribution < 1.29 is 31.5 Å². The van der Waals surface area contributed by atoms with Gasteiger partial charge in [-0.05, 0) is 36.4 Å². The van der Waals surface area contributed by atoms with Crippen LogP contribution in [0.2, 0.25) is 5.02 Å². The van der Waals surface area contributed by atoms with Crippen LogP contribution >= 0.6 is 11.6 Å². The lowest BCUT2D eigenvalue weighted by Crippen LogP contribution is -2.25. The number of fused-ring (bicyclic) bond motifs is 1. The first-order valence-corrected chi connectivity index (χ1v) is 8.94. The van der Waals surface area contributed by atoms with E-state index in [1.165, 1.54) is 10.6 Å². The zero-order valence-electron chi connectivity index (χ0n) is 15.1. The maximum absolute atomic E-state index is 13.7. The van der Waals surface area contributed by atoms with Crippen LogP contribution in [0.15, 0.2) is 42.6 Å². The fraction of sp³-hybridized carbons (Fsp3) is 0.105. The number of carbonyl (C=O) groups is 2. The number of nitrogens with zero attached hydrogens (tertiary/aromatic N) is 2. The fourth-order valence-electron chi connectivity index (χ4n) is 3.15. The normalized spacial score (nSPS) is 15.5. The van der Waals surface area contributed by atoms with Gasteiger partial charge < -0.3 is 10.6 Å². The molecule has 0 saturated heterocycles. The molecule has 6 nitrogen and oxygen atoms in total. The Labute approximate surface area is 175 Å². The van der Waals surface area contributed by atoms with Gasteiger partial charge in [-0.15, -0.1) is 0 Å². The van der Waals surface area contributed by atoms with Crippen LogP contribution in [0.1, 0.15) is 38.3 Å². The van der Waals surface area contributed by atoms with Crippen molar-refractivity contribution in [2.75, 3.05) is 5.32 Å². The first-order valence-electron chi connectivity index (χ1n) is 8.57. The molecule has 1 aromatic heterocycles. The van der Waals surface area contributed by atoms with E-state index in [2.05, 4.69) is 15.6 Å². The summed E-state index contributed by atoms with van der Waals surface area (Å²) in [5, 5.41) is 4.94. The molecule has 4 rings (SSSR count). The molecule has 1 unspecified atom stereocenters. The fourth-order valence-corrected chi connectivity index (χ4v) is 3.37. The highest BCUT2D eigenvalue weighted by Crippen LogP contribution is 2.33. The third-order valence-electron chi connectivity index (χ3n) is 4.51. The predicted octanol–water partition coefficient (Wildman–Crippen LogP) is 4.38. The van der Waals surface area contributed by atoms with Gasteiger partial charge in [0.25, 0.3) is 11.8 Å². The molecule has 0 radical (unpaired) electrons. The van der Waals surface area contributed by atoms with Gasteiger partial charge in [0.15, 0.2) is 0 Å². The van der Waals surface area contributed by atoms with Crippen LogP contribution in [0.4, 0.5) is 27.8 Å². The molecular weight excluding hydrogens is 447 g/mol. The molecule has 0 saturated carbocycles. The standard InChI is InChI=1S/C19H10ClF5N4O2/c20-13-2-1-10(21)6-12(13)15-28-18(31)16-26-7-14(29(15)16)27-17(30)8-3-9(19(23,24)25)5-11(22)4-8/h1-7,15H,(H,27,30)(H,28,31). The van der Waals surface area contributed by atoms with Crippen molar-refractivity contribution >= 4 is 29.2 Å². The molecule has 160 valence electrons. The van der Waals surface area contributed by atoms with Crippen molar-refractivity contribution in [2.45, 2.75) is 12.3 Å². The zero-order chi connectivity index (χ0) is 22.5. The molecule has 2 amide bonds. The number of benzene rings is 2. The summed E-state index contributed by atoms with van der Waals surface area (Å²) in [6.07, 6.45) is -4.80. The largest absolute Gasteiger partial charge is 0.416 e. The van der Waals surface area contributed by atoms with E-state index in [0.717, 1.165) is 18.3 Å². The summed E-state index contributed by atoms with van der Waals surface area (Å²) in [6.45, 7) is 0. The molecule has 0 spiro atoms. The van der Waals surface area contributed by atoms with Crippen molar-refractivity contribution in [3.05, 3.63) is 81.8 Å². The van der Waals surface area contributed by atoms with Crippen LogP contribution in [-0.2, 0) is 6.18 Å². The topological polar surface area (TPSA) is 76.0 Å². The third-order valence-corrected chi connectivity index (χ3v) is 4.85. The van der Waals surface area contributed by atoms with Crippen molar-refractivity contribution in [1.29, 1.82) is 0 Å². The van der Waals surface area contributed by atoms with Crippen molar-refractivity contribution in [3.63, 3.8) is 0 Å². The van der Waals surface area contributed by atoms with E-state index in [4.69, 9.17) is 11.6 Å². The lowest BCUT2D eigenvalue weighted by Gasteiger charge is -2.18. The van der Waals surface area contributed by atoms with E-state index in [1.807, 2.05) is 0 Å². The second-order valence-corrected chi connectivity index (χ2v) is 6.97. The first kappa shape index (κ1) is 20.8. The molecule has 2 aromatic carbocycles. The number of halogens is 6. The number of hydrogen-bond acceptors (Lipinski definition) is 3. The molecular formula is C19H10ClF5N4O2. The van der Waals surface area contributed by atoms with Gasteiger partial charge in [-0.1, -0.05) is 11.6 Å². The summed E-state index contributed by atoms with van der Waals surface area (Å²) in [5.74, 6) is -3.84. The summed E-state index contributed by atoms with van der Waals surface area (Å²) in [7, 11) is 0. The molecule has 1 aliphatic heterocycles. The monoisotopic (exact) mass is 456 g/mol. The summed E-state index contributed by atoms with van der Waals surface area (Å²) >= 11 is 6.10. The van der Waals surface area contributed by atoms with Gasteiger partial charge in [-0.3, -0.25) is 14.2 Å². The predicted molar refractivity (Wildman–Crippen MR) is 98.6 cm³/mol. The van der Waals surface area contributed by atoms with E-state index < -0.39 is 46.9 Å². The number of imidazole rings is 1. The minimum atomic E-state index is -4.86. The van der Waals surface area contributed by atoms with Gasteiger partial charge in [-0.2, -0.15) is 13.2 Å². The van der Waals surface area contributed by atoms with E-state index in [1.54, 1.807) is 0 Å². The highest BCUT2D eigenvalue weighted by Gasteiger charge is 2.35. The summed E-state index contributed by atoms with van der Waals surface area (Å²) in [6, 6.07) is 4.85. The number of alkyl halides is 3. The van der Waals surface area contributed by atoms with Crippen molar-refractivity contribution in [2.24, 2.45) is 0 Å². The Morgan fingerprint density at radius 2 is 1.87 bits per heavy atom. The maximum Gasteiger partial charge on any atom is 0.416 e. The second kappa shape index (κ2) is 7.34. The van der Waals surface area contributed by atoms with Crippen LogP contribution in [-0.4, -0.2) is 21.4 Å². The number of carbonyl (C=O) groups excluding carboxylic acids is 2. The molecule has 2 heterocycles. The maximum atomic E-state index is 13.7. The van der Waals surface area contributed by atoms with Crippen molar-refractivity contribution in [3.8, 4) is 0 Å². The Morgan fingerprint density at radius 1 is 1.13 bits per heavy atom. The first-order chi connectivity index (χ1) is 14.5. The molecule has 3 aromatic rings. The summed E-state index contributed by atoms with van der Waals surface area (Å²) in [4.78, 5) is 28.6. The summed E-state index contributed by atoms with van der Waals surface area (Å²) < 4.78 is 67.3. The van der Waals surface area contributed by atoms with E-state index >= 15 is 0 Å². The van der Waals surface area contributed by atoms with Gasteiger partial charge in [0.05, 0.1) is 11.8 Å². The van der Waals surface area contributed by atoms with Gasteiger partial charge in [-0.25, -0.2) is 13.8 Å².